The molecular formula is C24H24N2O3S. The van der Waals surface area contributed by atoms with E-state index in [1.165, 1.54) is 0 Å². The van der Waals surface area contributed by atoms with E-state index in [1.54, 1.807) is 11.3 Å². The number of nitrogens with zero attached hydrogens (tertiary/aromatic N) is 1. The van der Waals surface area contributed by atoms with E-state index in [1.807, 2.05) is 56.5 Å². The predicted molar refractivity (Wildman–Crippen MR) is 120 cm³/mol. The van der Waals surface area contributed by atoms with E-state index in [0.717, 1.165) is 45.5 Å². The van der Waals surface area contributed by atoms with Crippen LogP contribution in [0.1, 0.15) is 53.7 Å². The monoisotopic (exact) mass is 420 g/mol. The van der Waals surface area contributed by atoms with Gasteiger partial charge in [0, 0.05) is 15.8 Å². The molecule has 0 bridgehead atoms. The van der Waals surface area contributed by atoms with Crippen LogP contribution in [0.25, 0.3) is 22.6 Å². The smallest absolute Gasteiger partial charge is 0.339 e. The number of hydrogen-bond acceptors (Lipinski definition) is 5. The van der Waals surface area contributed by atoms with Crippen LogP contribution in [0.2, 0.25) is 0 Å². The highest BCUT2D eigenvalue weighted by Gasteiger charge is 2.28. The molecule has 30 heavy (non-hydrogen) atoms. The number of pyridine rings is 1. The minimum absolute atomic E-state index is 0.306. The van der Waals surface area contributed by atoms with Crippen LogP contribution in [0.15, 0.2) is 41.8 Å². The largest absolute Gasteiger partial charge is 0.452 e. The second kappa shape index (κ2) is 8.03. The number of benzene rings is 1. The molecule has 0 saturated carbocycles. The van der Waals surface area contributed by atoms with Crippen LogP contribution in [-0.4, -0.2) is 29.0 Å². The van der Waals surface area contributed by atoms with Gasteiger partial charge in [-0.05, 0) is 68.3 Å². The molecule has 6 heteroatoms. The lowest BCUT2D eigenvalue weighted by Gasteiger charge is -2.20. The number of rotatable bonds is 4. The fourth-order valence-electron chi connectivity index (χ4n) is 3.71. The number of amides is 1. The molecule has 4 rings (SSSR count). The summed E-state index contributed by atoms with van der Waals surface area (Å²) in [5.74, 6) is -0.796. The molecule has 3 aromatic rings. The van der Waals surface area contributed by atoms with Crippen LogP contribution >= 0.6 is 11.3 Å². The molecule has 0 fully saturated rings. The number of esters is 1. The molecule has 0 saturated heterocycles. The van der Waals surface area contributed by atoms with Crippen LogP contribution in [0.3, 0.4) is 0 Å². The Hall–Kier alpha value is -2.99. The van der Waals surface area contributed by atoms with Gasteiger partial charge in [0.05, 0.1) is 16.8 Å². The first-order valence-corrected chi connectivity index (χ1v) is 10.8. The molecule has 1 N–H and O–H groups in total. The Morgan fingerprint density at radius 2 is 1.97 bits per heavy atom. The Bertz CT molecular complexity index is 1140. The maximum atomic E-state index is 13.1. The number of para-hydroxylation sites is 1. The van der Waals surface area contributed by atoms with Crippen molar-refractivity contribution in [1.29, 1.82) is 0 Å². The van der Waals surface area contributed by atoms with Crippen molar-refractivity contribution >= 4 is 45.8 Å². The molecule has 0 unspecified atom stereocenters. The quantitative estimate of drug-likeness (QED) is 0.613. The van der Waals surface area contributed by atoms with E-state index in [2.05, 4.69) is 17.5 Å². The van der Waals surface area contributed by atoms with Gasteiger partial charge in [0.1, 0.15) is 0 Å². The maximum Gasteiger partial charge on any atom is 0.339 e. The summed E-state index contributed by atoms with van der Waals surface area (Å²) in [7, 11) is 0. The number of thiophene rings is 1. The number of fused-ring (bicyclic) bond motifs is 2. The summed E-state index contributed by atoms with van der Waals surface area (Å²) in [6, 6.07) is 11.7. The van der Waals surface area contributed by atoms with Crippen LogP contribution in [-0.2, 0) is 16.0 Å². The molecular weight excluding hydrogens is 396 g/mol. The maximum absolute atomic E-state index is 13.1. The molecule has 1 aliphatic carbocycles. The molecule has 0 atom stereocenters. The minimum Gasteiger partial charge on any atom is -0.452 e. The third-order valence-corrected chi connectivity index (χ3v) is 5.67. The standard InChI is InChI=1S/C24H24N2O3S/c1-24(2,3)26-20(27)14-29-23(28)21-17-8-4-5-9-19(17)25-22-15(10-11-18(21)22)13-16-7-6-12-30-16/h4-9,12-13H,10-11,14H2,1-3H3,(H,26,27)/b15-13+. The SMILES string of the molecule is CC(C)(C)NC(=O)COC(=O)c1c2c(nc3ccccc13)/C(=C/c1cccs1)CC2. The Kier molecular flexibility index (Phi) is 5.43. The van der Waals surface area contributed by atoms with Gasteiger partial charge in [0.15, 0.2) is 6.61 Å². The number of aromatic nitrogens is 1. The first kappa shape index (κ1) is 20.3. The van der Waals surface area contributed by atoms with Crippen molar-refractivity contribution in [3.8, 4) is 0 Å². The van der Waals surface area contributed by atoms with Gasteiger partial charge in [0.2, 0.25) is 0 Å². The van der Waals surface area contributed by atoms with Crippen molar-refractivity contribution in [2.45, 2.75) is 39.2 Å². The first-order chi connectivity index (χ1) is 14.3. The summed E-state index contributed by atoms with van der Waals surface area (Å²) in [6.07, 6.45) is 3.69. The molecule has 0 aliphatic heterocycles. The summed E-state index contributed by atoms with van der Waals surface area (Å²) in [5.41, 5.74) is 3.77. The highest BCUT2D eigenvalue weighted by molar-refractivity contribution is 7.10. The van der Waals surface area contributed by atoms with Crippen LogP contribution in [0.4, 0.5) is 0 Å². The minimum atomic E-state index is -0.480. The lowest BCUT2D eigenvalue weighted by atomic mass is 10.0. The second-order valence-corrected chi connectivity index (χ2v) is 9.37. The molecule has 0 radical (unpaired) electrons. The van der Waals surface area contributed by atoms with E-state index in [4.69, 9.17) is 9.72 Å². The van der Waals surface area contributed by atoms with Gasteiger partial charge < -0.3 is 10.1 Å². The second-order valence-electron chi connectivity index (χ2n) is 8.39. The average Bonchev–Trinajstić information content (AvgIpc) is 3.33. The fourth-order valence-corrected chi connectivity index (χ4v) is 4.40. The lowest BCUT2D eigenvalue weighted by Crippen LogP contribution is -2.42. The van der Waals surface area contributed by atoms with Crippen LogP contribution < -0.4 is 5.32 Å². The van der Waals surface area contributed by atoms with Gasteiger partial charge in [-0.3, -0.25) is 4.79 Å². The number of ether oxygens (including phenoxy) is 1. The third-order valence-electron chi connectivity index (χ3n) is 4.85. The highest BCUT2D eigenvalue weighted by atomic mass is 32.1. The normalized spacial score (nSPS) is 14.7. The van der Waals surface area contributed by atoms with Crippen molar-refractivity contribution in [3.05, 3.63) is 63.5 Å². The molecule has 2 heterocycles. The summed E-state index contributed by atoms with van der Waals surface area (Å²) in [4.78, 5) is 31.2. The number of hydrogen-bond donors (Lipinski definition) is 1. The van der Waals surface area contributed by atoms with Crippen molar-refractivity contribution < 1.29 is 14.3 Å². The Labute approximate surface area is 179 Å². The summed E-state index contributed by atoms with van der Waals surface area (Å²) in [6.45, 7) is 5.35. The number of carbonyl (C=O) groups is 2. The highest BCUT2D eigenvalue weighted by Crippen LogP contribution is 2.38. The molecule has 5 nitrogen and oxygen atoms in total. The van der Waals surface area contributed by atoms with E-state index in [9.17, 15) is 9.59 Å². The van der Waals surface area contributed by atoms with Gasteiger partial charge in [-0.25, -0.2) is 9.78 Å². The van der Waals surface area contributed by atoms with Crippen molar-refractivity contribution in [1.82, 2.24) is 10.3 Å². The molecule has 1 aliphatic rings. The summed E-state index contributed by atoms with van der Waals surface area (Å²) >= 11 is 1.67. The molecule has 1 aromatic carbocycles. The van der Waals surface area contributed by atoms with Crippen LogP contribution in [0.5, 0.6) is 0 Å². The number of nitrogens with one attached hydrogen (secondary N) is 1. The third kappa shape index (κ3) is 4.28. The van der Waals surface area contributed by atoms with Gasteiger partial charge in [-0.15, -0.1) is 11.3 Å². The predicted octanol–water partition coefficient (Wildman–Crippen LogP) is 4.85. The topological polar surface area (TPSA) is 68.3 Å². The van der Waals surface area contributed by atoms with Gasteiger partial charge in [0.25, 0.3) is 5.91 Å². The van der Waals surface area contributed by atoms with Crippen molar-refractivity contribution in [2.75, 3.05) is 6.61 Å². The molecule has 154 valence electrons. The van der Waals surface area contributed by atoms with Crippen molar-refractivity contribution in [2.24, 2.45) is 0 Å². The van der Waals surface area contributed by atoms with E-state index >= 15 is 0 Å². The van der Waals surface area contributed by atoms with Crippen LogP contribution in [0, 0.1) is 0 Å². The Balaban J connectivity index is 1.69. The number of allylic oxidation sites excluding steroid dienone is 1. The lowest BCUT2D eigenvalue weighted by molar-refractivity contribution is -0.125. The Morgan fingerprint density at radius 1 is 1.17 bits per heavy atom. The van der Waals surface area contributed by atoms with Gasteiger partial charge in [-0.2, -0.15) is 0 Å². The van der Waals surface area contributed by atoms with Gasteiger partial charge in [-0.1, -0.05) is 24.3 Å². The van der Waals surface area contributed by atoms with E-state index < -0.39 is 5.97 Å². The molecule has 2 aromatic heterocycles. The molecule has 1 amide bonds. The first-order valence-electron chi connectivity index (χ1n) is 9.96. The molecule has 0 spiro atoms. The zero-order valence-electron chi connectivity index (χ0n) is 17.3. The zero-order chi connectivity index (χ0) is 21.3. The fraction of sp³-hybridized carbons (Fsp3) is 0.292. The van der Waals surface area contributed by atoms with E-state index in [0.29, 0.717) is 5.56 Å². The van der Waals surface area contributed by atoms with Crippen molar-refractivity contribution in [3.63, 3.8) is 0 Å². The number of carbonyl (C=O) groups excluding carboxylic acids is 2. The summed E-state index contributed by atoms with van der Waals surface area (Å²) in [5, 5.41) is 5.61. The summed E-state index contributed by atoms with van der Waals surface area (Å²) < 4.78 is 5.41. The van der Waals surface area contributed by atoms with E-state index in [-0.39, 0.29) is 18.1 Å². The zero-order valence-corrected chi connectivity index (χ0v) is 18.1. The average molecular weight is 421 g/mol. The van der Waals surface area contributed by atoms with Gasteiger partial charge >= 0.3 is 5.97 Å². The Morgan fingerprint density at radius 3 is 2.70 bits per heavy atom.